The van der Waals surface area contributed by atoms with Gasteiger partial charge in [-0.15, -0.1) is 12.4 Å². The van der Waals surface area contributed by atoms with Gasteiger partial charge in [-0.2, -0.15) is 0 Å². The van der Waals surface area contributed by atoms with Crippen LogP contribution in [0.2, 0.25) is 0 Å². The lowest BCUT2D eigenvalue weighted by Gasteiger charge is -2.07. The number of esters is 1. The molecular formula is C14H14ClNO4. The first-order chi connectivity index (χ1) is 9.13. The van der Waals surface area contributed by atoms with Crippen LogP contribution in [0.1, 0.15) is 17.3 Å². The summed E-state index contributed by atoms with van der Waals surface area (Å²) in [6.07, 6.45) is -1.01. The summed E-state index contributed by atoms with van der Waals surface area (Å²) in [6.45, 7) is 1.78. The summed E-state index contributed by atoms with van der Waals surface area (Å²) in [4.78, 5) is 23.0. The van der Waals surface area contributed by atoms with Gasteiger partial charge >= 0.3 is 12.1 Å². The maximum atomic E-state index is 11.9. The van der Waals surface area contributed by atoms with Crippen LogP contribution < -0.4 is 5.73 Å². The lowest BCUT2D eigenvalue weighted by molar-refractivity contribution is 0.0403. The van der Waals surface area contributed by atoms with Crippen molar-refractivity contribution in [3.8, 4) is 0 Å². The summed E-state index contributed by atoms with van der Waals surface area (Å²) in [5.41, 5.74) is 6.66. The molecule has 0 aliphatic carbocycles. The molecule has 0 aliphatic heterocycles. The van der Waals surface area contributed by atoms with Gasteiger partial charge in [0.05, 0.1) is 12.2 Å². The summed E-state index contributed by atoms with van der Waals surface area (Å²) in [5, 5.41) is 1.37. The quantitative estimate of drug-likeness (QED) is 0.523. The lowest BCUT2D eigenvalue weighted by atomic mass is 10.0. The molecule has 0 saturated carbocycles. The Labute approximate surface area is 122 Å². The Hall–Kier alpha value is -2.27. The number of hydrogen-bond donors (Lipinski definition) is 1. The van der Waals surface area contributed by atoms with Crippen molar-refractivity contribution in [3.63, 3.8) is 0 Å². The average Bonchev–Trinajstić information content (AvgIpc) is 2.38. The van der Waals surface area contributed by atoms with Gasteiger partial charge in [0.25, 0.3) is 0 Å². The van der Waals surface area contributed by atoms with Crippen LogP contribution >= 0.6 is 12.4 Å². The fraction of sp³-hybridized carbons (Fsp3) is 0.143. The highest BCUT2D eigenvalue weighted by Gasteiger charge is 2.16. The molecule has 0 fully saturated rings. The fourth-order valence-electron chi connectivity index (χ4n) is 1.79. The number of benzene rings is 2. The Morgan fingerprint density at radius 1 is 1.10 bits per heavy atom. The molecule has 0 atom stereocenters. The van der Waals surface area contributed by atoms with Gasteiger partial charge in [0.1, 0.15) is 0 Å². The normalized spacial score (nSPS) is 9.65. The number of fused-ring (bicyclic) bond motifs is 1. The number of nitrogen functional groups attached to an aromatic ring is 1. The molecule has 20 heavy (non-hydrogen) atoms. The topological polar surface area (TPSA) is 78.6 Å². The summed E-state index contributed by atoms with van der Waals surface area (Å²) < 4.78 is 9.15. The second-order valence-electron chi connectivity index (χ2n) is 3.82. The van der Waals surface area contributed by atoms with Crippen LogP contribution in [0, 0.1) is 0 Å². The Morgan fingerprint density at radius 3 is 2.45 bits per heavy atom. The molecule has 2 aromatic rings. The highest BCUT2D eigenvalue weighted by molar-refractivity contribution is 6.09. The van der Waals surface area contributed by atoms with E-state index in [2.05, 4.69) is 9.47 Å². The van der Waals surface area contributed by atoms with Crippen molar-refractivity contribution in [3.05, 3.63) is 42.0 Å². The van der Waals surface area contributed by atoms with E-state index in [9.17, 15) is 9.59 Å². The minimum Gasteiger partial charge on any atom is -0.434 e. The van der Waals surface area contributed by atoms with E-state index in [4.69, 9.17) is 5.73 Å². The van der Waals surface area contributed by atoms with E-state index in [-0.39, 0.29) is 24.6 Å². The molecule has 2 rings (SSSR count). The zero-order valence-electron chi connectivity index (χ0n) is 10.8. The van der Waals surface area contributed by atoms with E-state index in [0.29, 0.717) is 11.1 Å². The van der Waals surface area contributed by atoms with E-state index in [1.54, 1.807) is 43.3 Å². The van der Waals surface area contributed by atoms with Crippen molar-refractivity contribution in [2.24, 2.45) is 0 Å². The van der Waals surface area contributed by atoms with Gasteiger partial charge in [-0.25, -0.2) is 9.59 Å². The van der Waals surface area contributed by atoms with Gasteiger partial charge < -0.3 is 15.2 Å². The number of hydrogen-bond acceptors (Lipinski definition) is 5. The number of anilines is 1. The van der Waals surface area contributed by atoms with Crippen LogP contribution in [-0.4, -0.2) is 18.7 Å². The van der Waals surface area contributed by atoms with Gasteiger partial charge in [-0.1, -0.05) is 24.3 Å². The molecule has 0 radical (unpaired) electrons. The molecule has 0 bridgehead atoms. The molecule has 2 aromatic carbocycles. The third-order valence-corrected chi connectivity index (χ3v) is 2.61. The first-order valence-electron chi connectivity index (χ1n) is 5.79. The number of carbonyl (C=O) groups excluding carboxylic acids is 2. The van der Waals surface area contributed by atoms with Gasteiger partial charge in [-0.3, -0.25) is 0 Å². The van der Waals surface area contributed by atoms with Crippen LogP contribution in [0.4, 0.5) is 10.5 Å². The molecule has 0 heterocycles. The van der Waals surface area contributed by atoms with E-state index in [0.717, 1.165) is 5.39 Å². The molecule has 0 aromatic heterocycles. The molecule has 5 nitrogen and oxygen atoms in total. The zero-order chi connectivity index (χ0) is 13.8. The van der Waals surface area contributed by atoms with E-state index < -0.39 is 12.1 Å². The maximum Gasteiger partial charge on any atom is 0.516 e. The van der Waals surface area contributed by atoms with Crippen molar-refractivity contribution < 1.29 is 19.1 Å². The second kappa shape index (κ2) is 6.77. The lowest BCUT2D eigenvalue weighted by Crippen LogP contribution is -2.14. The Bertz CT molecular complexity index is 642. The molecule has 0 saturated heterocycles. The number of halogens is 1. The summed E-state index contributed by atoms with van der Waals surface area (Å²) in [6, 6.07) is 10.3. The van der Waals surface area contributed by atoms with Crippen LogP contribution in [0.5, 0.6) is 0 Å². The molecule has 0 amide bonds. The minimum absolute atomic E-state index is 0. The third-order valence-electron chi connectivity index (χ3n) is 2.61. The molecule has 2 N–H and O–H groups in total. The predicted molar refractivity (Wildman–Crippen MR) is 78.0 cm³/mol. The molecule has 0 unspecified atom stereocenters. The van der Waals surface area contributed by atoms with Crippen LogP contribution in [0.15, 0.2) is 36.4 Å². The average molecular weight is 296 g/mol. The summed E-state index contributed by atoms with van der Waals surface area (Å²) in [7, 11) is 0. The zero-order valence-corrected chi connectivity index (χ0v) is 11.6. The van der Waals surface area contributed by atoms with Crippen LogP contribution in [0.3, 0.4) is 0 Å². The van der Waals surface area contributed by atoms with E-state index >= 15 is 0 Å². The Morgan fingerprint density at radius 2 is 1.75 bits per heavy atom. The van der Waals surface area contributed by atoms with E-state index in [1.165, 1.54) is 0 Å². The number of carbonyl (C=O) groups is 2. The number of ether oxygens (including phenoxy) is 2. The highest BCUT2D eigenvalue weighted by Crippen LogP contribution is 2.24. The Kier molecular flexibility index (Phi) is 5.34. The largest absolute Gasteiger partial charge is 0.516 e. The predicted octanol–water partition coefficient (Wildman–Crippen LogP) is 3.16. The van der Waals surface area contributed by atoms with Crippen molar-refractivity contribution in [2.45, 2.75) is 6.92 Å². The molecule has 0 aliphatic rings. The molecule has 0 spiro atoms. The van der Waals surface area contributed by atoms with Gasteiger partial charge in [0.15, 0.2) is 0 Å². The van der Waals surface area contributed by atoms with Crippen molar-refractivity contribution in [2.75, 3.05) is 12.3 Å². The van der Waals surface area contributed by atoms with Gasteiger partial charge in [0.2, 0.25) is 0 Å². The van der Waals surface area contributed by atoms with Crippen LogP contribution in [0.25, 0.3) is 10.8 Å². The Balaban J connectivity index is 0.00000200. The highest BCUT2D eigenvalue weighted by atomic mass is 35.5. The smallest absolute Gasteiger partial charge is 0.434 e. The van der Waals surface area contributed by atoms with E-state index in [1.807, 2.05) is 0 Å². The molecule has 6 heteroatoms. The minimum atomic E-state index is -1.01. The standard InChI is InChI=1S/C14H13NO4.ClH/c1-2-18-14(17)19-13(16)11-7-3-6-10-9(11)5-4-8-12(10)15;/h3-8H,2,15H2,1H3;1H. The molecular weight excluding hydrogens is 282 g/mol. The fourth-order valence-corrected chi connectivity index (χ4v) is 1.79. The second-order valence-corrected chi connectivity index (χ2v) is 3.82. The SMILES string of the molecule is CCOC(=O)OC(=O)c1cccc2c(N)cccc12.Cl. The summed E-state index contributed by atoms with van der Waals surface area (Å²) >= 11 is 0. The third kappa shape index (κ3) is 3.19. The molecule has 106 valence electrons. The monoisotopic (exact) mass is 295 g/mol. The maximum absolute atomic E-state index is 11.9. The number of nitrogens with two attached hydrogens (primary N) is 1. The first-order valence-corrected chi connectivity index (χ1v) is 5.79. The summed E-state index contributed by atoms with van der Waals surface area (Å²) in [5.74, 6) is -0.755. The number of rotatable bonds is 2. The van der Waals surface area contributed by atoms with Crippen molar-refractivity contribution in [1.29, 1.82) is 0 Å². The van der Waals surface area contributed by atoms with Gasteiger partial charge in [-0.05, 0) is 24.4 Å². The van der Waals surface area contributed by atoms with Crippen LogP contribution in [-0.2, 0) is 9.47 Å². The van der Waals surface area contributed by atoms with Gasteiger partial charge in [0, 0.05) is 11.1 Å². The van der Waals surface area contributed by atoms with Crippen molar-refractivity contribution in [1.82, 2.24) is 0 Å². The van der Waals surface area contributed by atoms with Crippen molar-refractivity contribution >= 4 is 41.0 Å². The first kappa shape index (κ1) is 15.8.